The van der Waals surface area contributed by atoms with E-state index >= 15 is 17.6 Å². The first kappa shape index (κ1) is 40.9. The third-order valence-corrected chi connectivity index (χ3v) is 12.4. The van der Waals surface area contributed by atoms with E-state index in [9.17, 15) is 32.7 Å². The van der Waals surface area contributed by atoms with Gasteiger partial charge in [0.1, 0.15) is 11.6 Å². The van der Waals surface area contributed by atoms with Gasteiger partial charge in [-0.1, -0.05) is 64.5 Å². The van der Waals surface area contributed by atoms with Crippen molar-refractivity contribution in [3.05, 3.63) is 98.3 Å². The van der Waals surface area contributed by atoms with Crippen molar-refractivity contribution < 1.29 is 45.0 Å². The number of aryl methyl sites for hydroxylation is 2. The number of unbranched alkanes of at least 4 members (excludes halogenated alkanes) is 6. The van der Waals surface area contributed by atoms with Crippen LogP contribution in [0, 0.1) is 34.6 Å². The van der Waals surface area contributed by atoms with Crippen LogP contribution in [0.2, 0.25) is 0 Å². The Bertz CT molecular complexity index is 2400. The number of carboxylic acid groups (broad SMARTS) is 1. The van der Waals surface area contributed by atoms with Crippen molar-refractivity contribution in [1.29, 1.82) is 5.26 Å². The predicted molar refractivity (Wildman–Crippen MR) is 205 cm³/mol. The fourth-order valence-corrected chi connectivity index (χ4v) is 9.60. The Hall–Kier alpha value is -4.74. The Morgan fingerprint density at radius 2 is 1.41 bits per heavy atom. The number of hydrogen-bond acceptors (Lipinski definition) is 4. The number of nitriles is 1. The average Bonchev–Trinajstić information content (AvgIpc) is 3.91. The van der Waals surface area contributed by atoms with E-state index in [4.69, 9.17) is 0 Å². The Morgan fingerprint density at radius 3 is 2.00 bits per heavy atom. The molecule has 0 saturated heterocycles. The number of benzene rings is 2. The monoisotopic (exact) mass is 816 g/mol. The van der Waals surface area contributed by atoms with Crippen LogP contribution in [0.1, 0.15) is 98.6 Å². The molecule has 3 heterocycles. The second-order valence-corrected chi connectivity index (χ2v) is 15.8. The number of alkyl halides is 2. The second kappa shape index (κ2) is 17.2. The smallest absolute Gasteiger partial charge is 0.346 e. The molecule has 0 amide bonds. The first-order valence-electron chi connectivity index (χ1n) is 18.3. The fourth-order valence-electron chi connectivity index (χ4n) is 7.10. The molecule has 4 nitrogen and oxygen atoms in total. The molecule has 0 spiro atoms. The van der Waals surface area contributed by atoms with E-state index in [1.807, 2.05) is 6.07 Å². The summed E-state index contributed by atoms with van der Waals surface area (Å²) in [7, 11) is 0. The van der Waals surface area contributed by atoms with E-state index in [0.29, 0.717) is 21.4 Å². The van der Waals surface area contributed by atoms with Crippen LogP contribution in [0.5, 0.6) is 0 Å². The summed E-state index contributed by atoms with van der Waals surface area (Å²) in [6.45, 7) is 4.21. The molecule has 5 aromatic rings. The fraction of sp³-hybridized carbons (Fsp3) is 0.333. The maximum absolute atomic E-state index is 15.5. The summed E-state index contributed by atoms with van der Waals surface area (Å²) >= 11 is 2.83. The molecule has 3 aromatic heterocycles. The number of fused-ring (bicyclic) bond motifs is 3. The lowest BCUT2D eigenvalue weighted by Gasteiger charge is -2.21. The van der Waals surface area contributed by atoms with Crippen LogP contribution >= 0.6 is 22.7 Å². The molecule has 0 radical (unpaired) electrons. The maximum Gasteiger partial charge on any atom is 0.346 e. The summed E-state index contributed by atoms with van der Waals surface area (Å²) in [5.74, 6) is -14.1. The molecule has 6 rings (SSSR count). The van der Waals surface area contributed by atoms with Crippen molar-refractivity contribution in [2.75, 3.05) is 0 Å². The zero-order valence-corrected chi connectivity index (χ0v) is 32.0. The van der Waals surface area contributed by atoms with Gasteiger partial charge in [-0.2, -0.15) is 5.26 Å². The lowest BCUT2D eigenvalue weighted by atomic mass is 9.95. The summed E-state index contributed by atoms with van der Waals surface area (Å²) in [4.78, 5) is 14.9. The number of nitrogens with zero attached hydrogens (tertiary/aromatic N) is 2. The van der Waals surface area contributed by atoms with Gasteiger partial charge >= 0.3 is 5.97 Å². The van der Waals surface area contributed by atoms with Gasteiger partial charge in [0, 0.05) is 36.1 Å². The zero-order chi connectivity index (χ0) is 40.4. The van der Waals surface area contributed by atoms with E-state index in [2.05, 4.69) is 19.9 Å². The predicted octanol–water partition coefficient (Wildman–Crippen LogP) is 13.9. The Morgan fingerprint density at radius 1 is 0.804 bits per heavy atom. The van der Waals surface area contributed by atoms with Gasteiger partial charge in [-0.3, -0.25) is 0 Å². The molecule has 2 unspecified atom stereocenters. The van der Waals surface area contributed by atoms with Crippen molar-refractivity contribution in [3.63, 3.8) is 0 Å². The van der Waals surface area contributed by atoms with Crippen LogP contribution < -0.4 is 0 Å². The number of aliphatic carboxylic acids is 1. The summed E-state index contributed by atoms with van der Waals surface area (Å²) in [5, 5.41) is 17.6. The van der Waals surface area contributed by atoms with Crippen LogP contribution in [-0.2, 0) is 17.6 Å². The molecule has 1 N–H and O–H groups in total. The van der Waals surface area contributed by atoms with Crippen molar-refractivity contribution in [1.82, 2.24) is 4.57 Å². The highest BCUT2D eigenvalue weighted by atomic mass is 32.1. The van der Waals surface area contributed by atoms with Crippen molar-refractivity contribution in [2.45, 2.75) is 90.4 Å². The van der Waals surface area contributed by atoms with Crippen LogP contribution in [-0.4, -0.2) is 21.8 Å². The number of carbonyl (C=O) groups is 1. The van der Waals surface area contributed by atoms with Gasteiger partial charge in [0.05, 0.1) is 11.2 Å². The number of hydrogen-bond donors (Lipinski definition) is 1. The van der Waals surface area contributed by atoms with Crippen molar-refractivity contribution in [2.24, 2.45) is 0 Å². The number of halogens is 8. The maximum atomic E-state index is 15.5. The Labute approximate surface area is 326 Å². The zero-order valence-electron chi connectivity index (χ0n) is 30.4. The molecule has 0 bridgehead atoms. The molecular weight excluding hydrogens is 781 g/mol. The Kier molecular flexibility index (Phi) is 12.5. The number of rotatable bonds is 15. The minimum absolute atomic E-state index is 0.186. The van der Waals surface area contributed by atoms with E-state index < -0.39 is 81.0 Å². The molecule has 1 aliphatic carbocycles. The highest BCUT2D eigenvalue weighted by Gasteiger charge is 2.44. The molecule has 2 atom stereocenters. The third-order valence-electron chi connectivity index (χ3n) is 9.89. The second-order valence-electron chi connectivity index (χ2n) is 13.7. The van der Waals surface area contributed by atoms with Crippen molar-refractivity contribution >= 4 is 51.4 Å². The van der Waals surface area contributed by atoms with Gasteiger partial charge in [0.25, 0.3) is 0 Å². The molecule has 294 valence electrons. The highest BCUT2D eigenvalue weighted by molar-refractivity contribution is 7.24. The summed E-state index contributed by atoms with van der Waals surface area (Å²) in [6, 6.07) is 11.5. The quantitative estimate of drug-likeness (QED) is 0.0286. The molecule has 2 aromatic carbocycles. The SMILES string of the molecule is CCCCCCc1cc(-c2sc(/C=C(/C#N)C(=O)O)cc2CCCCCC)sc1-c1ccc(-n2c3c(c4c(F)c(F)c(F)c(F)c42)C(F)C(F)C(F)=C3F)cc1. The van der Waals surface area contributed by atoms with Gasteiger partial charge in [0.15, 0.2) is 47.3 Å². The van der Waals surface area contributed by atoms with Crippen LogP contribution in [0.4, 0.5) is 35.1 Å². The standard InChI is InChI=1S/C42H36F8N2O2S2/c1-3-5-7-9-11-22-17-26(18-24(20-51)42(53)54)55-41(22)27-19-23(12-10-8-6-4-2)40(56-27)21-13-15-25(16-14-21)52-38-28(30(43)32(45)34(47)36(38)49)29-31(44)33(46)35(48)37(50)39(29)52/h13-19,30,32H,3-12H2,1-2H3,(H,53,54)/b24-18-. The van der Waals surface area contributed by atoms with Crippen LogP contribution in [0.15, 0.2) is 47.8 Å². The van der Waals surface area contributed by atoms with Gasteiger partial charge < -0.3 is 9.67 Å². The minimum atomic E-state index is -3.22. The molecule has 0 saturated carbocycles. The minimum Gasteiger partial charge on any atom is -0.477 e. The topological polar surface area (TPSA) is 66.0 Å². The molecule has 14 heteroatoms. The van der Waals surface area contributed by atoms with Gasteiger partial charge in [-0.05, 0) is 72.7 Å². The van der Waals surface area contributed by atoms with Gasteiger partial charge in [0.2, 0.25) is 0 Å². The molecule has 56 heavy (non-hydrogen) atoms. The number of aromatic nitrogens is 1. The normalized spacial score (nSPS) is 15.8. The van der Waals surface area contributed by atoms with E-state index in [1.54, 1.807) is 18.2 Å². The third kappa shape index (κ3) is 7.55. The first-order chi connectivity index (χ1) is 26.8. The van der Waals surface area contributed by atoms with Gasteiger partial charge in [-0.25, -0.2) is 39.9 Å². The molecular formula is C42H36F8N2O2S2. The largest absolute Gasteiger partial charge is 0.477 e. The Balaban J connectivity index is 1.49. The highest BCUT2D eigenvalue weighted by Crippen LogP contribution is 2.50. The van der Waals surface area contributed by atoms with Crippen LogP contribution in [0.3, 0.4) is 0 Å². The molecule has 1 aliphatic rings. The van der Waals surface area contributed by atoms with E-state index in [-0.39, 0.29) is 5.69 Å². The van der Waals surface area contributed by atoms with E-state index in [0.717, 1.165) is 83.5 Å². The molecule has 0 aliphatic heterocycles. The van der Waals surface area contributed by atoms with Gasteiger partial charge in [-0.15, -0.1) is 22.7 Å². The van der Waals surface area contributed by atoms with E-state index in [1.165, 1.54) is 40.9 Å². The lowest BCUT2D eigenvalue weighted by molar-refractivity contribution is -0.132. The first-order valence-corrected chi connectivity index (χ1v) is 19.9. The number of allylic oxidation sites excluding steroid dienone is 1. The average molecular weight is 817 g/mol. The summed E-state index contributed by atoms with van der Waals surface area (Å²) < 4.78 is 120. The summed E-state index contributed by atoms with van der Waals surface area (Å²) in [6.07, 6.45) is 4.40. The van der Waals surface area contributed by atoms with Crippen molar-refractivity contribution in [3.8, 4) is 32.0 Å². The number of thiophene rings is 2. The molecule has 0 fully saturated rings. The van der Waals surface area contributed by atoms with Crippen LogP contribution in [0.25, 0.3) is 48.7 Å². The lowest BCUT2D eigenvalue weighted by Crippen LogP contribution is -2.18. The number of carboxylic acids is 1. The summed E-state index contributed by atoms with van der Waals surface area (Å²) in [5.41, 5.74) is -1.34.